The number of benzene rings is 2. The zero-order valence-corrected chi connectivity index (χ0v) is 18.8. The van der Waals surface area contributed by atoms with E-state index in [0.717, 1.165) is 5.56 Å². The number of aryl methyl sites for hydroxylation is 2. The van der Waals surface area contributed by atoms with Gasteiger partial charge in [-0.3, -0.25) is 14.5 Å². The Hall–Kier alpha value is -3.86. The molecule has 11 heteroatoms. The molecule has 0 saturated heterocycles. The quantitative estimate of drug-likeness (QED) is 0.295. The number of nitrogen functional groups attached to an aromatic ring is 2. The molecule has 7 N–H and O–H groups in total. The third-order valence-corrected chi connectivity index (χ3v) is 6.56. The van der Waals surface area contributed by atoms with Crippen LogP contribution in [0.3, 0.4) is 0 Å². The van der Waals surface area contributed by atoms with Crippen molar-refractivity contribution >= 4 is 33.4 Å². The predicted octanol–water partition coefficient (Wildman–Crippen LogP) is 2.31. The first-order chi connectivity index (χ1) is 15.6. The van der Waals surface area contributed by atoms with Crippen LogP contribution in [-0.2, 0) is 22.9 Å². The number of nitrogens with zero attached hydrogens (tertiary/aromatic N) is 1. The lowest BCUT2D eigenvalue weighted by molar-refractivity contribution is 0.0697. The van der Waals surface area contributed by atoms with Gasteiger partial charge >= 0.3 is 5.97 Å². The summed E-state index contributed by atoms with van der Waals surface area (Å²) in [4.78, 5) is 29.4. The average molecular weight is 472 g/mol. The van der Waals surface area contributed by atoms with Gasteiger partial charge in [-0.25, -0.2) is 13.2 Å². The fraction of sp³-hybridized carbons (Fsp3) is 0.227. The van der Waals surface area contributed by atoms with E-state index in [9.17, 15) is 18.0 Å². The molecule has 0 spiro atoms. The van der Waals surface area contributed by atoms with Crippen LogP contribution in [0.4, 0.5) is 17.5 Å². The van der Waals surface area contributed by atoms with Crippen molar-refractivity contribution in [2.45, 2.75) is 37.5 Å². The highest BCUT2D eigenvalue weighted by Crippen LogP contribution is 2.23. The van der Waals surface area contributed by atoms with Gasteiger partial charge in [0.15, 0.2) is 0 Å². The third-order valence-electron chi connectivity index (χ3n) is 5.08. The Morgan fingerprint density at radius 2 is 1.76 bits per heavy atom. The molecule has 0 fully saturated rings. The van der Waals surface area contributed by atoms with Crippen LogP contribution in [0, 0.1) is 6.92 Å². The number of carbonyl (C=O) groups is 1. The molecule has 0 saturated carbocycles. The average Bonchev–Trinajstić information content (AvgIpc) is 2.72. The van der Waals surface area contributed by atoms with Crippen molar-refractivity contribution in [1.82, 2.24) is 9.97 Å². The molecule has 3 rings (SSSR count). The maximum absolute atomic E-state index is 13.0. The minimum absolute atomic E-state index is 0.0408. The highest BCUT2D eigenvalue weighted by atomic mass is 32.2. The van der Waals surface area contributed by atoms with Crippen LogP contribution in [0.15, 0.2) is 52.2 Å². The Balaban J connectivity index is 1.73. The van der Waals surface area contributed by atoms with Crippen LogP contribution in [0.1, 0.15) is 39.9 Å². The largest absolute Gasteiger partial charge is 0.478 e. The van der Waals surface area contributed by atoms with Crippen LogP contribution >= 0.6 is 0 Å². The van der Waals surface area contributed by atoms with Gasteiger partial charge in [-0.05, 0) is 68.5 Å². The van der Waals surface area contributed by atoms with Gasteiger partial charge in [0.05, 0.1) is 16.0 Å². The fourth-order valence-electron chi connectivity index (χ4n) is 3.45. The van der Waals surface area contributed by atoms with Gasteiger partial charge in [0.2, 0.25) is 5.95 Å². The number of carboxylic acids is 1. The Bertz CT molecular complexity index is 1330. The number of nitrogens with two attached hydrogens (primary N) is 2. The zero-order chi connectivity index (χ0) is 24.2. The molecule has 1 heterocycles. The Morgan fingerprint density at radius 3 is 2.39 bits per heavy atom. The molecule has 0 radical (unpaired) electrons. The highest BCUT2D eigenvalue weighted by molar-refractivity contribution is 7.92. The summed E-state index contributed by atoms with van der Waals surface area (Å²) in [5, 5.41) is 8.99. The number of unbranched alkanes of at least 4 members (excludes halogenated alkanes) is 1. The SMILES string of the molecule is Cc1ccc(S(=O)(=O)Nc2ccc(C(=O)O)cc2)c(CCCCc2c(N)nc(N)[nH]c2=O)c1. The van der Waals surface area contributed by atoms with Gasteiger partial charge in [-0.1, -0.05) is 17.7 Å². The second kappa shape index (κ2) is 9.74. The monoisotopic (exact) mass is 471 g/mol. The van der Waals surface area contributed by atoms with E-state index in [4.69, 9.17) is 16.6 Å². The minimum atomic E-state index is -3.90. The van der Waals surface area contributed by atoms with Gasteiger partial charge in [0.25, 0.3) is 15.6 Å². The topological polar surface area (TPSA) is 181 Å². The Kier molecular flexibility index (Phi) is 7.02. The minimum Gasteiger partial charge on any atom is -0.478 e. The number of anilines is 3. The van der Waals surface area contributed by atoms with Crippen molar-refractivity contribution in [3.8, 4) is 0 Å². The van der Waals surface area contributed by atoms with Crippen molar-refractivity contribution in [3.63, 3.8) is 0 Å². The second-order valence-electron chi connectivity index (χ2n) is 7.62. The van der Waals surface area contributed by atoms with E-state index in [0.29, 0.717) is 36.8 Å². The molecular weight excluding hydrogens is 446 g/mol. The van der Waals surface area contributed by atoms with Crippen LogP contribution in [0.2, 0.25) is 0 Å². The van der Waals surface area contributed by atoms with Crippen molar-refractivity contribution in [2.24, 2.45) is 0 Å². The molecule has 33 heavy (non-hydrogen) atoms. The molecular formula is C22H25N5O5S. The lowest BCUT2D eigenvalue weighted by Gasteiger charge is -2.14. The molecule has 0 unspecified atom stereocenters. The number of rotatable bonds is 9. The van der Waals surface area contributed by atoms with E-state index in [1.54, 1.807) is 12.1 Å². The molecule has 3 aromatic rings. The molecule has 174 valence electrons. The third kappa shape index (κ3) is 5.89. The van der Waals surface area contributed by atoms with Crippen LogP contribution in [0.5, 0.6) is 0 Å². The van der Waals surface area contributed by atoms with E-state index < -0.39 is 16.0 Å². The van der Waals surface area contributed by atoms with E-state index >= 15 is 0 Å². The molecule has 2 aromatic carbocycles. The van der Waals surface area contributed by atoms with Crippen molar-refractivity contribution in [3.05, 3.63) is 75.1 Å². The summed E-state index contributed by atoms with van der Waals surface area (Å²) in [5.74, 6) is -1.04. The van der Waals surface area contributed by atoms with Crippen molar-refractivity contribution < 1.29 is 18.3 Å². The van der Waals surface area contributed by atoms with Gasteiger partial charge in [0, 0.05) is 5.69 Å². The molecule has 1 aromatic heterocycles. The summed E-state index contributed by atoms with van der Waals surface area (Å²) >= 11 is 0. The second-order valence-corrected chi connectivity index (χ2v) is 9.27. The van der Waals surface area contributed by atoms with Crippen molar-refractivity contribution in [2.75, 3.05) is 16.2 Å². The van der Waals surface area contributed by atoms with Gasteiger partial charge < -0.3 is 16.6 Å². The van der Waals surface area contributed by atoms with Crippen molar-refractivity contribution in [1.29, 1.82) is 0 Å². The van der Waals surface area contributed by atoms with Gasteiger partial charge in [0.1, 0.15) is 5.82 Å². The molecule has 0 aliphatic carbocycles. The van der Waals surface area contributed by atoms with E-state index in [1.165, 1.54) is 24.3 Å². The van der Waals surface area contributed by atoms with E-state index in [1.807, 2.05) is 13.0 Å². The van der Waals surface area contributed by atoms with Crippen LogP contribution < -0.4 is 21.7 Å². The number of hydrogen-bond donors (Lipinski definition) is 5. The maximum Gasteiger partial charge on any atom is 0.335 e. The standard InChI is InChI=1S/C22H25N5O5S/c1-13-6-11-18(33(31,32)27-16-9-7-14(8-10-16)21(29)30)15(12-13)4-2-3-5-17-19(23)25-22(24)26-20(17)28/h6-12,27H,2-5H2,1H3,(H,29,30)(H5,23,24,25,26,28). The zero-order valence-electron chi connectivity index (χ0n) is 18.0. The lowest BCUT2D eigenvalue weighted by Crippen LogP contribution is -2.19. The van der Waals surface area contributed by atoms with E-state index in [-0.39, 0.29) is 33.5 Å². The number of aromatic carboxylic acids is 1. The number of aromatic amines is 1. The highest BCUT2D eigenvalue weighted by Gasteiger charge is 2.19. The van der Waals surface area contributed by atoms with Crippen LogP contribution in [0.25, 0.3) is 0 Å². The number of aromatic nitrogens is 2. The van der Waals surface area contributed by atoms with Crippen LogP contribution in [-0.4, -0.2) is 29.5 Å². The predicted molar refractivity (Wildman–Crippen MR) is 126 cm³/mol. The first-order valence-electron chi connectivity index (χ1n) is 10.2. The number of carboxylic acid groups (broad SMARTS) is 1. The summed E-state index contributed by atoms with van der Waals surface area (Å²) in [5.41, 5.74) is 13.1. The normalized spacial score (nSPS) is 11.3. The maximum atomic E-state index is 13.0. The van der Waals surface area contributed by atoms with Gasteiger partial charge in [-0.2, -0.15) is 4.98 Å². The van der Waals surface area contributed by atoms with E-state index in [2.05, 4.69) is 14.7 Å². The first kappa shape index (κ1) is 23.8. The number of sulfonamides is 1. The smallest absolute Gasteiger partial charge is 0.335 e. The Morgan fingerprint density at radius 1 is 1.09 bits per heavy atom. The molecule has 10 nitrogen and oxygen atoms in total. The molecule has 0 aliphatic rings. The summed E-state index contributed by atoms with van der Waals surface area (Å²) in [6, 6.07) is 10.5. The number of nitrogens with one attached hydrogen (secondary N) is 2. The molecule has 0 bridgehead atoms. The summed E-state index contributed by atoms with van der Waals surface area (Å²) in [6.45, 7) is 1.87. The Labute approximate surface area is 190 Å². The summed E-state index contributed by atoms with van der Waals surface area (Å²) in [7, 11) is -3.90. The number of hydrogen-bond acceptors (Lipinski definition) is 7. The number of H-pyrrole nitrogens is 1. The summed E-state index contributed by atoms with van der Waals surface area (Å²) in [6.07, 6.45) is 2.06. The fourth-order valence-corrected chi connectivity index (χ4v) is 4.76. The lowest BCUT2D eigenvalue weighted by atomic mass is 10.0. The summed E-state index contributed by atoms with van der Waals surface area (Å²) < 4.78 is 28.5. The molecule has 0 amide bonds. The molecule has 0 atom stereocenters. The van der Waals surface area contributed by atoms with Gasteiger partial charge in [-0.15, -0.1) is 0 Å². The molecule has 0 aliphatic heterocycles. The first-order valence-corrected chi connectivity index (χ1v) is 11.6.